The summed E-state index contributed by atoms with van der Waals surface area (Å²) in [5.74, 6) is 3.33. The number of hydrogen-bond acceptors (Lipinski definition) is 1. The van der Waals surface area contributed by atoms with Gasteiger partial charge in [0.1, 0.15) is 0 Å². The number of hydrogen-bond donors (Lipinski definition) is 0. The minimum absolute atomic E-state index is 0.0897. The van der Waals surface area contributed by atoms with E-state index in [9.17, 15) is 0 Å². The lowest BCUT2D eigenvalue weighted by atomic mass is 9.81. The molecular weight excluding hydrogens is 567 g/mol. The summed E-state index contributed by atoms with van der Waals surface area (Å²) in [6.07, 6.45) is 12.5. The summed E-state index contributed by atoms with van der Waals surface area (Å²) in [5, 5.41) is 0. The van der Waals surface area contributed by atoms with Crippen LogP contribution in [0.5, 0.6) is 0 Å². The van der Waals surface area contributed by atoms with E-state index in [2.05, 4.69) is 134 Å². The van der Waals surface area contributed by atoms with Crippen molar-refractivity contribution in [1.29, 1.82) is 0 Å². The highest BCUT2D eigenvalue weighted by molar-refractivity contribution is 5.94. The van der Waals surface area contributed by atoms with Crippen molar-refractivity contribution in [2.75, 3.05) is 4.90 Å². The highest BCUT2D eigenvalue weighted by atomic mass is 15.1. The Morgan fingerprint density at radius 2 is 1.26 bits per heavy atom. The van der Waals surface area contributed by atoms with Crippen LogP contribution in [0, 0.1) is 11.8 Å². The van der Waals surface area contributed by atoms with Gasteiger partial charge in [0.2, 0.25) is 0 Å². The number of nitrogens with zero attached hydrogens (tertiary/aromatic N) is 1. The monoisotopic (exact) mass is 613 g/mol. The molecule has 0 N–H and O–H groups in total. The lowest BCUT2D eigenvalue weighted by Gasteiger charge is -2.29. The predicted molar refractivity (Wildman–Crippen MR) is 198 cm³/mol. The van der Waals surface area contributed by atoms with E-state index in [1.165, 1.54) is 114 Å². The van der Waals surface area contributed by atoms with E-state index < -0.39 is 0 Å². The predicted octanol–water partition coefficient (Wildman–Crippen LogP) is 13.1. The van der Waals surface area contributed by atoms with Gasteiger partial charge in [-0.25, -0.2) is 0 Å². The standard InChI is InChI=1S/C46H47N/c1-46(2)43-15-9-14-40(34-12-7-4-8-13-34)45(43)41-27-26-39(30-44(41)46)47(37-22-18-33(19-23-37)32-10-5-3-6-11-32)38-24-20-35(21-25-38)42-29-31-16-17-36(42)28-31/h4,7-9,12-15,18-27,30-32,36,42H,3,5-6,10-11,16-17,28-29H2,1-2H3. The zero-order valence-electron chi connectivity index (χ0n) is 28.1. The van der Waals surface area contributed by atoms with E-state index in [1.807, 2.05) is 0 Å². The third-order valence-corrected chi connectivity index (χ3v) is 12.6. The Bertz CT molecular complexity index is 1890. The lowest BCUT2D eigenvalue weighted by molar-refractivity contribution is 0.420. The molecule has 3 atom stereocenters. The van der Waals surface area contributed by atoms with Crippen LogP contribution in [0.25, 0.3) is 22.3 Å². The molecule has 0 spiro atoms. The first-order valence-corrected chi connectivity index (χ1v) is 18.4. The van der Waals surface area contributed by atoms with E-state index in [1.54, 1.807) is 5.56 Å². The van der Waals surface area contributed by atoms with Crippen LogP contribution in [0.15, 0.2) is 115 Å². The second-order valence-corrected chi connectivity index (χ2v) is 15.6. The van der Waals surface area contributed by atoms with Gasteiger partial charge >= 0.3 is 0 Å². The van der Waals surface area contributed by atoms with Crippen molar-refractivity contribution in [3.05, 3.63) is 138 Å². The fraction of sp³-hybridized carbons (Fsp3) is 0.348. The Morgan fingerprint density at radius 1 is 0.553 bits per heavy atom. The average molecular weight is 614 g/mol. The van der Waals surface area contributed by atoms with Crippen molar-refractivity contribution in [1.82, 2.24) is 0 Å². The molecule has 47 heavy (non-hydrogen) atoms. The number of fused-ring (bicyclic) bond motifs is 5. The van der Waals surface area contributed by atoms with E-state index in [0.29, 0.717) is 5.92 Å². The maximum atomic E-state index is 2.51. The van der Waals surface area contributed by atoms with Crippen LogP contribution < -0.4 is 4.90 Å². The first-order chi connectivity index (χ1) is 23.0. The first-order valence-electron chi connectivity index (χ1n) is 18.4. The highest BCUT2D eigenvalue weighted by Crippen LogP contribution is 2.55. The molecule has 2 bridgehead atoms. The third-order valence-electron chi connectivity index (χ3n) is 12.6. The summed E-state index contributed by atoms with van der Waals surface area (Å²) in [4.78, 5) is 2.51. The molecule has 5 aromatic carbocycles. The third kappa shape index (κ3) is 4.97. The Balaban J connectivity index is 1.13. The van der Waals surface area contributed by atoms with Crippen LogP contribution in [0.1, 0.15) is 106 Å². The Morgan fingerprint density at radius 3 is 1.94 bits per heavy atom. The molecule has 9 rings (SSSR count). The maximum Gasteiger partial charge on any atom is 0.0465 e. The maximum absolute atomic E-state index is 2.51. The second-order valence-electron chi connectivity index (χ2n) is 15.6. The molecule has 0 aliphatic heterocycles. The summed E-state index contributed by atoms with van der Waals surface area (Å²) in [6.45, 7) is 4.81. The van der Waals surface area contributed by atoms with Crippen LogP contribution in [-0.4, -0.2) is 0 Å². The van der Waals surface area contributed by atoms with Crippen molar-refractivity contribution in [2.45, 2.75) is 88.9 Å². The van der Waals surface area contributed by atoms with Crippen LogP contribution >= 0.6 is 0 Å². The molecule has 3 saturated carbocycles. The molecular formula is C46H47N. The van der Waals surface area contributed by atoms with Gasteiger partial charge in [-0.3, -0.25) is 0 Å². The largest absolute Gasteiger partial charge is 0.310 e. The SMILES string of the molecule is CC1(C)c2cc(N(c3ccc(C4CCCCC4)cc3)c3ccc(C4CC5CCC4C5)cc3)ccc2-c2c(-c3ccccc3)cccc21. The van der Waals surface area contributed by atoms with Gasteiger partial charge < -0.3 is 4.90 Å². The van der Waals surface area contributed by atoms with Crippen LogP contribution in [0.4, 0.5) is 17.1 Å². The molecule has 1 heteroatoms. The minimum Gasteiger partial charge on any atom is -0.310 e. The smallest absolute Gasteiger partial charge is 0.0465 e. The molecule has 3 unspecified atom stereocenters. The van der Waals surface area contributed by atoms with Crippen molar-refractivity contribution in [3.8, 4) is 22.3 Å². The number of rotatable bonds is 6. The van der Waals surface area contributed by atoms with Gasteiger partial charge in [0.15, 0.2) is 0 Å². The summed E-state index contributed by atoms with van der Waals surface area (Å²) in [5.41, 5.74) is 14.9. The van der Waals surface area contributed by atoms with E-state index in [0.717, 1.165) is 17.8 Å². The van der Waals surface area contributed by atoms with Crippen molar-refractivity contribution >= 4 is 17.1 Å². The van der Waals surface area contributed by atoms with Gasteiger partial charge in [0, 0.05) is 22.5 Å². The topological polar surface area (TPSA) is 3.24 Å². The van der Waals surface area contributed by atoms with Gasteiger partial charge in [0.05, 0.1) is 0 Å². The van der Waals surface area contributed by atoms with E-state index in [-0.39, 0.29) is 5.41 Å². The summed E-state index contributed by atoms with van der Waals surface area (Å²) >= 11 is 0. The van der Waals surface area contributed by atoms with Gasteiger partial charge in [0.25, 0.3) is 0 Å². The summed E-state index contributed by atoms with van der Waals surface area (Å²) in [6, 6.07) is 44.3. The quantitative estimate of drug-likeness (QED) is 0.184. The van der Waals surface area contributed by atoms with Gasteiger partial charge in [-0.05, 0) is 137 Å². The summed E-state index contributed by atoms with van der Waals surface area (Å²) in [7, 11) is 0. The highest BCUT2D eigenvalue weighted by Gasteiger charge is 2.40. The van der Waals surface area contributed by atoms with E-state index in [4.69, 9.17) is 0 Å². The second kappa shape index (κ2) is 11.6. The van der Waals surface area contributed by atoms with Crippen molar-refractivity contribution in [2.24, 2.45) is 11.8 Å². The van der Waals surface area contributed by atoms with Gasteiger partial charge in [-0.15, -0.1) is 0 Å². The zero-order valence-corrected chi connectivity index (χ0v) is 28.1. The fourth-order valence-corrected chi connectivity index (χ4v) is 10.1. The molecule has 5 aromatic rings. The molecule has 236 valence electrons. The Labute approximate surface area is 281 Å². The number of benzene rings is 5. The van der Waals surface area contributed by atoms with Gasteiger partial charge in [-0.1, -0.05) is 118 Å². The number of anilines is 3. The Kier molecular flexibility index (Phi) is 7.14. The molecule has 0 radical (unpaired) electrons. The van der Waals surface area contributed by atoms with Crippen molar-refractivity contribution in [3.63, 3.8) is 0 Å². The zero-order chi connectivity index (χ0) is 31.5. The minimum atomic E-state index is -0.0897. The normalized spacial score (nSPS) is 22.6. The average Bonchev–Trinajstić information content (AvgIpc) is 3.83. The molecule has 4 aliphatic rings. The molecule has 4 aliphatic carbocycles. The lowest BCUT2D eigenvalue weighted by Crippen LogP contribution is -2.16. The molecule has 0 saturated heterocycles. The molecule has 3 fully saturated rings. The van der Waals surface area contributed by atoms with Crippen LogP contribution in [0.3, 0.4) is 0 Å². The summed E-state index contributed by atoms with van der Waals surface area (Å²) < 4.78 is 0. The molecule has 0 amide bonds. The fourth-order valence-electron chi connectivity index (χ4n) is 10.1. The Hall–Kier alpha value is -4.10. The first kappa shape index (κ1) is 29.1. The molecule has 1 nitrogen and oxygen atoms in total. The van der Waals surface area contributed by atoms with Crippen molar-refractivity contribution < 1.29 is 0 Å². The van der Waals surface area contributed by atoms with Gasteiger partial charge in [-0.2, -0.15) is 0 Å². The molecule has 0 heterocycles. The molecule has 0 aromatic heterocycles. The van der Waals surface area contributed by atoms with E-state index >= 15 is 0 Å². The van der Waals surface area contributed by atoms with Crippen LogP contribution in [-0.2, 0) is 5.41 Å². The van der Waals surface area contributed by atoms with Crippen LogP contribution in [0.2, 0.25) is 0 Å².